The van der Waals surface area contributed by atoms with Crippen LogP contribution in [0.1, 0.15) is 58.9 Å². The van der Waals surface area contributed by atoms with E-state index in [1.54, 1.807) is 4.90 Å². The Morgan fingerprint density at radius 3 is 2.73 bits per heavy atom. The Balaban J connectivity index is 1.73. The van der Waals surface area contributed by atoms with Crippen LogP contribution in [-0.2, 0) is 4.74 Å². The number of anilines is 1. The Labute approximate surface area is 177 Å². The van der Waals surface area contributed by atoms with Crippen LogP contribution < -0.4 is 5.32 Å². The lowest BCUT2D eigenvalue weighted by atomic mass is 9.68. The molecule has 162 valence electrons. The molecule has 2 unspecified atom stereocenters. The van der Waals surface area contributed by atoms with Gasteiger partial charge in [0.05, 0.1) is 23.1 Å². The lowest BCUT2D eigenvalue weighted by molar-refractivity contribution is -0.384. The van der Waals surface area contributed by atoms with Crippen molar-refractivity contribution < 1.29 is 14.5 Å². The van der Waals surface area contributed by atoms with Gasteiger partial charge in [-0.05, 0) is 48.6 Å². The van der Waals surface area contributed by atoms with E-state index < -0.39 is 10.5 Å². The minimum atomic E-state index is -0.503. The molecule has 1 aromatic carbocycles. The number of carbonyl (C=O) groups is 1. The minimum absolute atomic E-state index is 0.00519. The average molecular weight is 415 g/mol. The molecule has 0 radical (unpaired) electrons. The highest BCUT2D eigenvalue weighted by Gasteiger charge is 2.51. The molecule has 1 aliphatic heterocycles. The van der Waals surface area contributed by atoms with Crippen LogP contribution in [0.25, 0.3) is 0 Å². The molecule has 1 aliphatic carbocycles. The lowest BCUT2D eigenvalue weighted by Gasteiger charge is -2.43. The SMILES string of the molecule is CC(C)(C)CN1CC2(CCCC(C)(CNc3cc(C#N)ccc3[N+](=O)[O-])C2)OC1=O. The van der Waals surface area contributed by atoms with Crippen LogP contribution in [0.2, 0.25) is 0 Å². The summed E-state index contributed by atoms with van der Waals surface area (Å²) in [6, 6.07) is 6.34. The first kappa shape index (κ1) is 21.9. The number of nitro benzene ring substituents is 1. The average Bonchev–Trinajstić information content (AvgIpc) is 2.91. The Morgan fingerprint density at radius 1 is 1.37 bits per heavy atom. The summed E-state index contributed by atoms with van der Waals surface area (Å²) in [7, 11) is 0. The maximum Gasteiger partial charge on any atom is 0.410 e. The molecule has 0 bridgehead atoms. The van der Waals surface area contributed by atoms with Gasteiger partial charge in [-0.1, -0.05) is 27.7 Å². The van der Waals surface area contributed by atoms with Gasteiger partial charge in [-0.2, -0.15) is 5.26 Å². The molecule has 1 spiro atoms. The highest BCUT2D eigenvalue weighted by Crippen LogP contribution is 2.46. The number of nitriles is 1. The molecule has 8 nitrogen and oxygen atoms in total. The Bertz CT molecular complexity index is 888. The van der Waals surface area contributed by atoms with Gasteiger partial charge in [0.25, 0.3) is 5.69 Å². The van der Waals surface area contributed by atoms with Crippen molar-refractivity contribution in [2.45, 2.75) is 59.0 Å². The van der Waals surface area contributed by atoms with Gasteiger partial charge in [0.2, 0.25) is 0 Å². The Hall–Kier alpha value is -2.82. The standard InChI is InChI=1S/C22H30N4O4/c1-20(2,3)14-25-15-22(30-19(25)27)9-5-8-21(4,12-22)13-24-17-10-16(11-23)6-7-18(17)26(28)29/h6-7,10,24H,5,8-9,12-15H2,1-4H3. The first-order chi connectivity index (χ1) is 13.9. The van der Waals surface area contributed by atoms with Crippen LogP contribution in [0, 0.1) is 32.3 Å². The second-order valence-electron chi connectivity index (χ2n) is 10.3. The molecule has 2 aliphatic rings. The van der Waals surface area contributed by atoms with Gasteiger partial charge in [0.15, 0.2) is 0 Å². The third-order valence-corrected chi connectivity index (χ3v) is 5.90. The van der Waals surface area contributed by atoms with Gasteiger partial charge in [-0.3, -0.25) is 10.1 Å². The zero-order valence-electron chi connectivity index (χ0n) is 18.2. The van der Waals surface area contributed by atoms with Crippen LogP contribution in [0.3, 0.4) is 0 Å². The second-order valence-corrected chi connectivity index (χ2v) is 10.3. The number of rotatable bonds is 5. The maximum atomic E-state index is 12.5. The lowest BCUT2D eigenvalue weighted by Crippen LogP contribution is -2.46. The van der Waals surface area contributed by atoms with Crippen molar-refractivity contribution in [2.24, 2.45) is 10.8 Å². The number of carbonyl (C=O) groups excluding carboxylic acids is 1. The van der Waals surface area contributed by atoms with E-state index in [4.69, 9.17) is 10.00 Å². The van der Waals surface area contributed by atoms with Crippen LogP contribution in [-0.4, -0.2) is 41.2 Å². The predicted molar refractivity (Wildman–Crippen MR) is 113 cm³/mol. The summed E-state index contributed by atoms with van der Waals surface area (Å²) in [5.41, 5.74) is -0.0284. The van der Waals surface area contributed by atoms with Crippen LogP contribution in [0.15, 0.2) is 18.2 Å². The highest BCUT2D eigenvalue weighted by molar-refractivity contribution is 5.71. The maximum absolute atomic E-state index is 12.5. The van der Waals surface area contributed by atoms with Gasteiger partial charge in [-0.25, -0.2) is 4.79 Å². The smallest absolute Gasteiger partial charge is 0.410 e. The third kappa shape index (κ3) is 4.84. The molecular formula is C22H30N4O4. The topological polar surface area (TPSA) is 108 Å². The zero-order valence-corrected chi connectivity index (χ0v) is 18.2. The number of amides is 1. The van der Waals surface area contributed by atoms with Crippen molar-refractivity contribution in [1.29, 1.82) is 5.26 Å². The molecule has 1 aromatic rings. The summed E-state index contributed by atoms with van der Waals surface area (Å²) in [4.78, 5) is 25.2. The van der Waals surface area contributed by atoms with Crippen molar-refractivity contribution in [1.82, 2.24) is 4.90 Å². The van der Waals surface area contributed by atoms with Gasteiger partial charge < -0.3 is 15.0 Å². The van der Waals surface area contributed by atoms with E-state index in [1.807, 2.05) is 6.07 Å². The molecule has 30 heavy (non-hydrogen) atoms. The van der Waals surface area contributed by atoms with Crippen molar-refractivity contribution >= 4 is 17.5 Å². The summed E-state index contributed by atoms with van der Waals surface area (Å²) in [6.07, 6.45) is 3.14. The van der Waals surface area contributed by atoms with E-state index in [2.05, 4.69) is 33.0 Å². The quantitative estimate of drug-likeness (QED) is 0.553. The molecule has 8 heteroatoms. The van der Waals surface area contributed by atoms with Gasteiger partial charge in [0, 0.05) is 19.2 Å². The van der Waals surface area contributed by atoms with Gasteiger partial charge in [0.1, 0.15) is 11.3 Å². The van der Waals surface area contributed by atoms with Crippen LogP contribution in [0.5, 0.6) is 0 Å². The fourth-order valence-electron chi connectivity index (χ4n) is 4.77. The van der Waals surface area contributed by atoms with E-state index >= 15 is 0 Å². The monoisotopic (exact) mass is 414 g/mol. The van der Waals surface area contributed by atoms with Gasteiger partial charge >= 0.3 is 6.09 Å². The number of nitro groups is 1. The first-order valence-corrected chi connectivity index (χ1v) is 10.3. The fourth-order valence-corrected chi connectivity index (χ4v) is 4.77. The molecule has 1 N–H and O–H groups in total. The summed E-state index contributed by atoms with van der Waals surface area (Å²) < 4.78 is 5.90. The van der Waals surface area contributed by atoms with E-state index in [1.165, 1.54) is 18.2 Å². The molecule has 0 aromatic heterocycles. The Kier molecular flexibility index (Phi) is 5.68. The predicted octanol–water partition coefficient (Wildman–Crippen LogP) is 4.70. The second kappa shape index (κ2) is 7.78. The number of nitrogens with one attached hydrogen (secondary N) is 1. The first-order valence-electron chi connectivity index (χ1n) is 10.3. The number of benzene rings is 1. The highest BCUT2D eigenvalue weighted by atomic mass is 16.6. The van der Waals surface area contributed by atoms with Crippen molar-refractivity contribution in [3.8, 4) is 6.07 Å². The largest absolute Gasteiger partial charge is 0.441 e. The summed E-state index contributed by atoms with van der Waals surface area (Å²) in [5.74, 6) is 0. The van der Waals surface area contributed by atoms with Crippen molar-refractivity contribution in [3.05, 3.63) is 33.9 Å². The van der Waals surface area contributed by atoms with Crippen LogP contribution >= 0.6 is 0 Å². The molecule has 1 saturated carbocycles. The molecule has 1 amide bonds. The van der Waals surface area contributed by atoms with Crippen LogP contribution in [0.4, 0.5) is 16.2 Å². The minimum Gasteiger partial charge on any atom is -0.441 e. The summed E-state index contributed by atoms with van der Waals surface area (Å²) in [6.45, 7) is 10.2. The number of hydrogen-bond acceptors (Lipinski definition) is 6. The molecule has 2 fully saturated rings. The summed E-state index contributed by atoms with van der Waals surface area (Å²) >= 11 is 0. The van der Waals surface area contributed by atoms with Gasteiger partial charge in [-0.15, -0.1) is 0 Å². The van der Waals surface area contributed by atoms with Crippen molar-refractivity contribution in [2.75, 3.05) is 25.0 Å². The van der Waals surface area contributed by atoms with Crippen molar-refractivity contribution in [3.63, 3.8) is 0 Å². The third-order valence-electron chi connectivity index (χ3n) is 5.90. The van der Waals surface area contributed by atoms with E-state index in [-0.39, 0.29) is 22.6 Å². The zero-order chi connectivity index (χ0) is 22.2. The van der Waals surface area contributed by atoms with E-state index in [0.717, 1.165) is 19.3 Å². The normalized spacial score (nSPS) is 26.4. The molecule has 3 rings (SSSR count). The molecule has 1 saturated heterocycles. The van der Waals surface area contributed by atoms with E-state index in [0.29, 0.717) is 37.3 Å². The number of ether oxygens (including phenoxy) is 1. The fraction of sp³-hybridized carbons (Fsp3) is 0.636. The molecular weight excluding hydrogens is 384 g/mol. The Morgan fingerprint density at radius 2 is 2.10 bits per heavy atom. The summed E-state index contributed by atoms with van der Waals surface area (Å²) in [5, 5.41) is 23.7. The number of nitrogens with zero attached hydrogens (tertiary/aromatic N) is 3. The van der Waals surface area contributed by atoms with E-state index in [9.17, 15) is 14.9 Å². The number of hydrogen-bond donors (Lipinski definition) is 1. The molecule has 1 heterocycles. The molecule has 2 atom stereocenters.